The van der Waals surface area contributed by atoms with Crippen LogP contribution in [0.4, 0.5) is 0 Å². The fourth-order valence-corrected chi connectivity index (χ4v) is 4.31. The predicted molar refractivity (Wildman–Crippen MR) is 90.1 cm³/mol. The lowest BCUT2D eigenvalue weighted by molar-refractivity contribution is 0.0922. The Kier molecular flexibility index (Phi) is 4.83. The molecule has 118 valence electrons. The van der Waals surface area contributed by atoms with Crippen molar-refractivity contribution in [2.75, 3.05) is 5.75 Å². The second-order valence-corrected chi connectivity index (χ2v) is 7.52. The molecule has 1 aliphatic carbocycles. The molecule has 0 saturated heterocycles. The minimum atomic E-state index is -0.277. The maximum absolute atomic E-state index is 12.6. The molecule has 1 N–H and O–H groups in total. The third-order valence-electron chi connectivity index (χ3n) is 3.88. The minimum absolute atomic E-state index is 0.184. The van der Waals surface area contributed by atoms with Crippen LogP contribution in [0.3, 0.4) is 0 Å². The average Bonchev–Trinajstić information content (AvgIpc) is 2.97. The van der Waals surface area contributed by atoms with Gasteiger partial charge in [-0.3, -0.25) is 14.0 Å². The van der Waals surface area contributed by atoms with Crippen molar-refractivity contribution in [3.05, 3.63) is 27.5 Å². The highest BCUT2D eigenvalue weighted by Gasteiger charge is 2.23. The molecule has 7 heteroatoms. The summed E-state index contributed by atoms with van der Waals surface area (Å²) in [4.78, 5) is 30.4. The predicted octanol–water partition coefficient (Wildman–Crippen LogP) is 2.93. The van der Waals surface area contributed by atoms with E-state index in [9.17, 15) is 9.59 Å². The quantitative estimate of drug-likeness (QED) is 0.688. The van der Waals surface area contributed by atoms with Crippen LogP contribution in [0.15, 0.2) is 21.4 Å². The molecule has 3 rings (SSSR count). The summed E-state index contributed by atoms with van der Waals surface area (Å²) < 4.78 is 1.46. The van der Waals surface area contributed by atoms with Crippen LogP contribution in [0.1, 0.15) is 49.4 Å². The first-order valence-corrected chi connectivity index (χ1v) is 9.50. The van der Waals surface area contributed by atoms with Crippen LogP contribution in [-0.4, -0.2) is 27.1 Å². The van der Waals surface area contributed by atoms with E-state index in [1.165, 1.54) is 33.9 Å². The van der Waals surface area contributed by atoms with Gasteiger partial charge in [0.15, 0.2) is 4.96 Å². The summed E-state index contributed by atoms with van der Waals surface area (Å²) >= 11 is 2.85. The Bertz CT molecular complexity index is 732. The fourth-order valence-electron chi connectivity index (χ4n) is 2.80. The van der Waals surface area contributed by atoms with Crippen molar-refractivity contribution in [1.82, 2.24) is 14.7 Å². The Balaban J connectivity index is 1.96. The molecule has 2 aromatic heterocycles. The van der Waals surface area contributed by atoms with Gasteiger partial charge in [-0.05, 0) is 18.6 Å². The zero-order valence-electron chi connectivity index (χ0n) is 12.5. The van der Waals surface area contributed by atoms with Crippen molar-refractivity contribution in [3.8, 4) is 0 Å². The number of hydrogen-bond donors (Lipinski definition) is 1. The normalized spacial score (nSPS) is 16.0. The van der Waals surface area contributed by atoms with Crippen LogP contribution in [0.2, 0.25) is 0 Å². The van der Waals surface area contributed by atoms with Crippen molar-refractivity contribution in [1.29, 1.82) is 0 Å². The van der Waals surface area contributed by atoms with E-state index in [4.69, 9.17) is 0 Å². The lowest BCUT2D eigenvalue weighted by Crippen LogP contribution is -2.39. The van der Waals surface area contributed by atoms with E-state index in [1.54, 1.807) is 6.20 Å². The molecular formula is C15H19N3O2S2. The van der Waals surface area contributed by atoms with Gasteiger partial charge < -0.3 is 5.32 Å². The van der Waals surface area contributed by atoms with Crippen molar-refractivity contribution in [2.45, 2.75) is 50.1 Å². The van der Waals surface area contributed by atoms with Crippen LogP contribution >= 0.6 is 23.1 Å². The number of rotatable bonds is 4. The van der Waals surface area contributed by atoms with Crippen molar-refractivity contribution in [2.24, 2.45) is 0 Å². The van der Waals surface area contributed by atoms with Gasteiger partial charge in [-0.25, -0.2) is 4.98 Å². The first-order chi connectivity index (χ1) is 10.7. The van der Waals surface area contributed by atoms with Crippen molar-refractivity contribution >= 4 is 34.0 Å². The van der Waals surface area contributed by atoms with E-state index in [0.717, 1.165) is 31.4 Å². The molecule has 2 aromatic rings. The summed E-state index contributed by atoms with van der Waals surface area (Å²) in [5.41, 5.74) is -0.0798. The molecule has 1 fully saturated rings. The SMILES string of the molecule is CCSc1nc2sccn2c(=O)c1C(=O)NC1CCCCC1. The zero-order chi connectivity index (χ0) is 15.5. The van der Waals surface area contributed by atoms with Crippen LogP contribution in [-0.2, 0) is 0 Å². The molecule has 22 heavy (non-hydrogen) atoms. The molecular weight excluding hydrogens is 318 g/mol. The van der Waals surface area contributed by atoms with Gasteiger partial charge in [0.05, 0.1) is 0 Å². The molecule has 1 aliphatic rings. The molecule has 2 heterocycles. The third-order valence-corrected chi connectivity index (χ3v) is 5.50. The van der Waals surface area contributed by atoms with Crippen LogP contribution < -0.4 is 10.9 Å². The molecule has 0 bridgehead atoms. The summed E-state index contributed by atoms with van der Waals surface area (Å²) in [7, 11) is 0. The molecule has 0 aromatic carbocycles. The summed E-state index contributed by atoms with van der Waals surface area (Å²) in [5.74, 6) is 0.499. The summed E-state index contributed by atoms with van der Waals surface area (Å²) in [6.07, 6.45) is 7.18. The fraction of sp³-hybridized carbons (Fsp3) is 0.533. The number of amides is 1. The second-order valence-electron chi connectivity index (χ2n) is 5.39. The van der Waals surface area contributed by atoms with E-state index < -0.39 is 0 Å². The maximum atomic E-state index is 12.6. The molecule has 0 spiro atoms. The Morgan fingerprint density at radius 2 is 2.23 bits per heavy atom. The molecule has 0 atom stereocenters. The number of fused-ring (bicyclic) bond motifs is 1. The highest BCUT2D eigenvalue weighted by molar-refractivity contribution is 7.99. The summed E-state index contributed by atoms with van der Waals surface area (Å²) in [5, 5.41) is 5.39. The van der Waals surface area contributed by atoms with E-state index in [1.807, 2.05) is 12.3 Å². The van der Waals surface area contributed by atoms with Crippen LogP contribution in [0, 0.1) is 0 Å². The Hall–Kier alpha value is -1.34. The number of aromatic nitrogens is 2. The maximum Gasteiger partial charge on any atom is 0.272 e. The highest BCUT2D eigenvalue weighted by Crippen LogP contribution is 2.22. The van der Waals surface area contributed by atoms with E-state index in [-0.39, 0.29) is 23.1 Å². The van der Waals surface area contributed by atoms with Gasteiger partial charge in [0.2, 0.25) is 0 Å². The number of carbonyl (C=O) groups is 1. The Morgan fingerprint density at radius 3 is 2.95 bits per heavy atom. The smallest absolute Gasteiger partial charge is 0.272 e. The largest absolute Gasteiger partial charge is 0.349 e. The van der Waals surface area contributed by atoms with Gasteiger partial charge in [-0.1, -0.05) is 26.2 Å². The lowest BCUT2D eigenvalue weighted by Gasteiger charge is -2.22. The number of hydrogen-bond acceptors (Lipinski definition) is 5. The Labute approximate surface area is 137 Å². The van der Waals surface area contributed by atoms with Gasteiger partial charge >= 0.3 is 0 Å². The number of carbonyl (C=O) groups excluding carboxylic acids is 1. The number of thiazole rings is 1. The minimum Gasteiger partial charge on any atom is -0.349 e. The number of nitrogens with zero attached hydrogens (tertiary/aromatic N) is 2. The molecule has 0 unspecified atom stereocenters. The second kappa shape index (κ2) is 6.83. The Morgan fingerprint density at radius 1 is 1.45 bits per heavy atom. The molecule has 1 saturated carbocycles. The van der Waals surface area contributed by atoms with E-state index >= 15 is 0 Å². The van der Waals surface area contributed by atoms with Gasteiger partial charge in [-0.2, -0.15) is 0 Å². The molecule has 0 aliphatic heterocycles. The van der Waals surface area contributed by atoms with Crippen molar-refractivity contribution < 1.29 is 4.79 Å². The highest BCUT2D eigenvalue weighted by atomic mass is 32.2. The van der Waals surface area contributed by atoms with Crippen LogP contribution in [0.25, 0.3) is 4.96 Å². The van der Waals surface area contributed by atoms with Crippen molar-refractivity contribution in [3.63, 3.8) is 0 Å². The first kappa shape index (κ1) is 15.6. The standard InChI is InChI=1S/C15H19N3O2S2/c1-2-21-13-11(12(19)16-10-6-4-3-5-7-10)14(20)18-8-9-22-15(18)17-13/h8-10H,2-7H2,1H3,(H,16,19). The number of nitrogens with one attached hydrogen (secondary N) is 1. The van der Waals surface area contributed by atoms with E-state index in [0.29, 0.717) is 9.99 Å². The zero-order valence-corrected chi connectivity index (χ0v) is 14.1. The van der Waals surface area contributed by atoms with Gasteiger partial charge in [0, 0.05) is 17.6 Å². The van der Waals surface area contributed by atoms with E-state index in [2.05, 4.69) is 10.3 Å². The van der Waals surface area contributed by atoms with Gasteiger partial charge in [-0.15, -0.1) is 23.1 Å². The monoisotopic (exact) mass is 337 g/mol. The average molecular weight is 337 g/mol. The molecule has 0 radical (unpaired) electrons. The van der Waals surface area contributed by atoms with Crippen LogP contribution in [0.5, 0.6) is 0 Å². The van der Waals surface area contributed by atoms with Gasteiger partial charge in [0.25, 0.3) is 11.5 Å². The van der Waals surface area contributed by atoms with Gasteiger partial charge in [0.1, 0.15) is 10.6 Å². The third kappa shape index (κ3) is 3.05. The lowest BCUT2D eigenvalue weighted by atomic mass is 9.95. The molecule has 1 amide bonds. The summed E-state index contributed by atoms with van der Waals surface area (Å²) in [6, 6.07) is 0.184. The topological polar surface area (TPSA) is 63.5 Å². The number of thioether (sulfide) groups is 1. The molecule has 5 nitrogen and oxygen atoms in total. The summed E-state index contributed by atoms with van der Waals surface area (Å²) in [6.45, 7) is 1.99. The first-order valence-electron chi connectivity index (χ1n) is 7.64.